The number of rotatable bonds is 3. The first-order chi connectivity index (χ1) is 8.36. The summed E-state index contributed by atoms with van der Waals surface area (Å²) >= 11 is 5.65. The highest BCUT2D eigenvalue weighted by Crippen LogP contribution is 2.17. The molecule has 1 rings (SSSR count). The van der Waals surface area contributed by atoms with Gasteiger partial charge in [-0.25, -0.2) is 0 Å². The van der Waals surface area contributed by atoms with Gasteiger partial charge < -0.3 is 10.2 Å². The molecular weight excluding hydrogens is 252 g/mol. The van der Waals surface area contributed by atoms with E-state index in [2.05, 4.69) is 5.32 Å². The Labute approximate surface area is 113 Å². The Morgan fingerprint density at radius 2 is 2.17 bits per heavy atom. The zero-order valence-corrected chi connectivity index (χ0v) is 12.1. The molecule has 2 atom stereocenters. The van der Waals surface area contributed by atoms with Crippen molar-refractivity contribution in [3.8, 4) is 0 Å². The summed E-state index contributed by atoms with van der Waals surface area (Å²) in [4.78, 5) is 25.9. The highest BCUT2D eigenvalue weighted by Gasteiger charge is 2.35. The van der Waals surface area contributed by atoms with Crippen molar-refractivity contribution in [2.45, 2.75) is 46.2 Å². The van der Waals surface area contributed by atoms with Gasteiger partial charge in [0.2, 0.25) is 11.8 Å². The van der Waals surface area contributed by atoms with Crippen molar-refractivity contribution in [1.82, 2.24) is 10.2 Å². The number of carbonyl (C=O) groups is 2. The fourth-order valence-corrected chi connectivity index (χ4v) is 2.13. The van der Waals surface area contributed by atoms with E-state index >= 15 is 0 Å². The number of nitrogens with one attached hydrogen (secondary N) is 1. The second kappa shape index (κ2) is 6.23. The number of carbonyl (C=O) groups excluding carboxylic acids is 2. The molecule has 1 aliphatic rings. The molecule has 102 valence electrons. The van der Waals surface area contributed by atoms with E-state index < -0.39 is 6.04 Å². The van der Waals surface area contributed by atoms with Gasteiger partial charge in [0.05, 0.1) is 0 Å². The van der Waals surface area contributed by atoms with E-state index in [1.54, 1.807) is 4.90 Å². The molecule has 1 heterocycles. The van der Waals surface area contributed by atoms with E-state index in [0.29, 0.717) is 13.0 Å². The number of halogens is 1. The Morgan fingerprint density at radius 3 is 2.67 bits per heavy atom. The van der Waals surface area contributed by atoms with Crippen LogP contribution in [-0.2, 0) is 9.59 Å². The van der Waals surface area contributed by atoms with Crippen molar-refractivity contribution >= 4 is 23.4 Å². The third kappa shape index (κ3) is 3.48. The van der Waals surface area contributed by atoms with Gasteiger partial charge in [-0.3, -0.25) is 9.59 Å². The summed E-state index contributed by atoms with van der Waals surface area (Å²) in [6.45, 7) is 8.10. The van der Waals surface area contributed by atoms with Crippen LogP contribution in [0, 0.1) is 5.92 Å². The third-order valence-electron chi connectivity index (χ3n) is 3.15. The molecule has 0 aromatic heterocycles. The van der Waals surface area contributed by atoms with Crippen LogP contribution < -0.4 is 5.32 Å². The molecule has 2 amide bonds. The van der Waals surface area contributed by atoms with Gasteiger partial charge in [0.15, 0.2) is 0 Å². The third-order valence-corrected chi connectivity index (χ3v) is 3.52. The predicted octanol–water partition coefficient (Wildman–Crippen LogP) is 1.89. The van der Waals surface area contributed by atoms with Crippen molar-refractivity contribution in [2.24, 2.45) is 5.92 Å². The molecule has 0 aromatic carbocycles. The van der Waals surface area contributed by atoms with Crippen molar-refractivity contribution < 1.29 is 9.59 Å². The zero-order valence-electron chi connectivity index (χ0n) is 11.4. The number of hydrogen-bond donors (Lipinski definition) is 1. The lowest BCUT2D eigenvalue weighted by molar-refractivity contribution is -0.135. The van der Waals surface area contributed by atoms with Gasteiger partial charge in [-0.05, 0) is 25.3 Å². The van der Waals surface area contributed by atoms with Crippen molar-refractivity contribution in [3.05, 3.63) is 11.1 Å². The second-order valence-corrected chi connectivity index (χ2v) is 5.48. The molecule has 1 aliphatic heterocycles. The van der Waals surface area contributed by atoms with E-state index in [9.17, 15) is 9.59 Å². The predicted molar refractivity (Wildman–Crippen MR) is 72.2 cm³/mol. The molecule has 0 aliphatic carbocycles. The Balaban J connectivity index is 2.97. The molecule has 1 saturated heterocycles. The SMILES string of the molecule is CC(=CCl)CN1C(=O)C(C(C)C)NC(=O)CC1C. The molecule has 4 nitrogen and oxygen atoms in total. The first kappa shape index (κ1) is 15.0. The van der Waals surface area contributed by atoms with Crippen LogP contribution in [-0.4, -0.2) is 35.3 Å². The largest absolute Gasteiger partial charge is 0.344 e. The summed E-state index contributed by atoms with van der Waals surface area (Å²) in [6, 6.07) is -0.543. The van der Waals surface area contributed by atoms with Crippen molar-refractivity contribution in [2.75, 3.05) is 6.54 Å². The number of nitrogens with zero attached hydrogens (tertiary/aromatic N) is 1. The van der Waals surface area contributed by atoms with Gasteiger partial charge in [0.1, 0.15) is 6.04 Å². The van der Waals surface area contributed by atoms with Gasteiger partial charge in [0.25, 0.3) is 0 Å². The monoisotopic (exact) mass is 272 g/mol. The molecule has 0 bridgehead atoms. The molecular formula is C13H21ClN2O2. The summed E-state index contributed by atoms with van der Waals surface area (Å²) in [7, 11) is 0. The smallest absolute Gasteiger partial charge is 0.245 e. The highest BCUT2D eigenvalue weighted by atomic mass is 35.5. The lowest BCUT2D eigenvalue weighted by Crippen LogP contribution is -2.49. The van der Waals surface area contributed by atoms with Gasteiger partial charge in [-0.2, -0.15) is 0 Å². The Hall–Kier alpha value is -1.03. The summed E-state index contributed by atoms with van der Waals surface area (Å²) in [5, 5.41) is 2.80. The van der Waals surface area contributed by atoms with Crippen molar-refractivity contribution in [1.29, 1.82) is 0 Å². The van der Waals surface area contributed by atoms with Crippen LogP contribution in [0.5, 0.6) is 0 Å². The Bertz CT molecular complexity index is 366. The van der Waals surface area contributed by atoms with E-state index in [0.717, 1.165) is 5.57 Å². The second-order valence-electron chi connectivity index (χ2n) is 5.26. The average Bonchev–Trinajstić information content (AvgIpc) is 2.39. The fourth-order valence-electron chi connectivity index (χ4n) is 2.06. The first-order valence-electron chi connectivity index (χ1n) is 6.22. The maximum atomic E-state index is 12.4. The lowest BCUT2D eigenvalue weighted by atomic mass is 10.0. The van der Waals surface area contributed by atoms with Crippen LogP contribution >= 0.6 is 11.6 Å². The summed E-state index contributed by atoms with van der Waals surface area (Å²) in [5.41, 5.74) is 2.39. The number of amides is 2. The molecule has 18 heavy (non-hydrogen) atoms. The summed E-state index contributed by atoms with van der Waals surface area (Å²) in [5.74, 6) is -0.0136. The average molecular weight is 273 g/mol. The van der Waals surface area contributed by atoms with E-state index in [4.69, 9.17) is 11.6 Å². The highest BCUT2D eigenvalue weighted by molar-refractivity contribution is 6.25. The molecule has 5 heteroatoms. The Kier molecular flexibility index (Phi) is 5.20. The minimum atomic E-state index is -0.439. The molecule has 0 radical (unpaired) electrons. The summed E-state index contributed by atoms with van der Waals surface area (Å²) in [6.07, 6.45) is 0.338. The van der Waals surface area contributed by atoms with Gasteiger partial charge in [-0.1, -0.05) is 25.4 Å². The quantitative estimate of drug-likeness (QED) is 0.853. The standard InChI is InChI=1S/C13H21ClN2O2/c1-8(2)12-13(18)16(7-9(3)6-14)10(4)5-11(17)15-12/h6,8,10,12H,5,7H2,1-4H3,(H,15,17). The number of hydrogen-bond acceptors (Lipinski definition) is 2. The molecule has 1 fully saturated rings. The van der Waals surface area contributed by atoms with Gasteiger partial charge in [-0.15, -0.1) is 0 Å². The topological polar surface area (TPSA) is 49.4 Å². The normalized spacial score (nSPS) is 26.3. The van der Waals surface area contributed by atoms with E-state index in [1.807, 2.05) is 27.7 Å². The lowest BCUT2D eigenvalue weighted by Gasteiger charge is -2.30. The van der Waals surface area contributed by atoms with Gasteiger partial charge in [0, 0.05) is 24.5 Å². The van der Waals surface area contributed by atoms with Gasteiger partial charge >= 0.3 is 0 Å². The van der Waals surface area contributed by atoms with Crippen molar-refractivity contribution in [3.63, 3.8) is 0 Å². The maximum Gasteiger partial charge on any atom is 0.245 e. The molecule has 0 spiro atoms. The first-order valence-corrected chi connectivity index (χ1v) is 6.66. The van der Waals surface area contributed by atoms with E-state index in [-0.39, 0.29) is 23.8 Å². The van der Waals surface area contributed by atoms with Crippen LogP contribution in [0.2, 0.25) is 0 Å². The Morgan fingerprint density at radius 1 is 1.56 bits per heavy atom. The van der Waals surface area contributed by atoms with Crippen LogP contribution in [0.25, 0.3) is 0 Å². The molecule has 0 aromatic rings. The summed E-state index contributed by atoms with van der Waals surface area (Å²) < 4.78 is 0. The van der Waals surface area contributed by atoms with Crippen LogP contribution in [0.15, 0.2) is 11.1 Å². The van der Waals surface area contributed by atoms with Crippen LogP contribution in [0.3, 0.4) is 0 Å². The minimum absolute atomic E-state index is 0.0267. The van der Waals surface area contributed by atoms with E-state index in [1.165, 1.54) is 5.54 Å². The molecule has 1 N–H and O–H groups in total. The molecule has 2 unspecified atom stereocenters. The maximum absolute atomic E-state index is 12.4. The van der Waals surface area contributed by atoms with Crippen LogP contribution in [0.1, 0.15) is 34.1 Å². The molecule has 0 saturated carbocycles. The minimum Gasteiger partial charge on any atom is -0.344 e. The fraction of sp³-hybridized carbons (Fsp3) is 0.692. The van der Waals surface area contributed by atoms with Crippen LogP contribution in [0.4, 0.5) is 0 Å². The zero-order chi connectivity index (χ0) is 13.9.